The molecule has 0 saturated carbocycles. The summed E-state index contributed by atoms with van der Waals surface area (Å²) in [4.78, 5) is 12.1. The summed E-state index contributed by atoms with van der Waals surface area (Å²) in [6, 6.07) is 8.34. The number of thiazole rings is 1. The molecule has 2 aromatic rings. The molecule has 0 amide bonds. The molecule has 1 fully saturated rings. The van der Waals surface area contributed by atoms with Gasteiger partial charge in [-0.1, -0.05) is 6.58 Å². The lowest BCUT2D eigenvalue weighted by Crippen LogP contribution is -2.43. The minimum atomic E-state index is 0.561. The number of nitrogens with zero attached hydrogens (tertiary/aromatic N) is 3. The van der Waals surface area contributed by atoms with E-state index in [2.05, 4.69) is 44.2 Å². The Bertz CT molecular complexity index is 844. The molecule has 0 aliphatic carbocycles. The molecule has 6 nitrogen and oxygen atoms in total. The topological polar surface area (TPSA) is 78.6 Å². The molecular weight excluding hydrogens is 356 g/mol. The quantitative estimate of drug-likeness (QED) is 0.669. The lowest BCUT2D eigenvalue weighted by Gasteiger charge is -2.29. The van der Waals surface area contributed by atoms with Gasteiger partial charge in [-0.25, -0.2) is 9.98 Å². The number of aliphatic imine (C=N–C) groups is 1. The van der Waals surface area contributed by atoms with Gasteiger partial charge in [0.1, 0.15) is 5.82 Å². The van der Waals surface area contributed by atoms with E-state index < -0.39 is 0 Å². The average molecular weight is 383 g/mol. The zero-order valence-corrected chi connectivity index (χ0v) is 16.6. The van der Waals surface area contributed by atoms with Crippen molar-refractivity contribution in [2.24, 2.45) is 10.7 Å². The van der Waals surface area contributed by atoms with Crippen LogP contribution < -0.4 is 21.3 Å². The Kier molecular flexibility index (Phi) is 6.26. The van der Waals surface area contributed by atoms with Crippen LogP contribution in [-0.4, -0.2) is 37.4 Å². The van der Waals surface area contributed by atoms with Gasteiger partial charge in [0.05, 0.1) is 21.3 Å². The number of aromatic nitrogens is 1. The van der Waals surface area contributed by atoms with Crippen molar-refractivity contribution in [3.8, 4) is 0 Å². The monoisotopic (exact) mass is 382 g/mol. The highest BCUT2D eigenvalue weighted by Crippen LogP contribution is 2.22. The van der Waals surface area contributed by atoms with Crippen molar-refractivity contribution in [2.75, 3.05) is 36.4 Å². The van der Waals surface area contributed by atoms with E-state index in [9.17, 15) is 0 Å². The Morgan fingerprint density at radius 1 is 1.30 bits per heavy atom. The summed E-state index contributed by atoms with van der Waals surface area (Å²) in [7, 11) is 0. The lowest BCUT2D eigenvalue weighted by atomic mass is 10.2. The van der Waals surface area contributed by atoms with Crippen LogP contribution in [0.15, 0.2) is 47.7 Å². The van der Waals surface area contributed by atoms with Crippen molar-refractivity contribution in [3.63, 3.8) is 0 Å². The second kappa shape index (κ2) is 8.83. The number of benzene rings is 1. The van der Waals surface area contributed by atoms with Gasteiger partial charge in [-0.2, -0.15) is 0 Å². The van der Waals surface area contributed by atoms with Crippen LogP contribution in [0.5, 0.6) is 0 Å². The predicted octanol–water partition coefficient (Wildman–Crippen LogP) is 3.12. The van der Waals surface area contributed by atoms with Gasteiger partial charge in [0.15, 0.2) is 0 Å². The molecule has 0 unspecified atom stereocenters. The third-order valence-corrected chi connectivity index (χ3v) is 5.41. The summed E-state index contributed by atoms with van der Waals surface area (Å²) < 4.78 is 0. The maximum absolute atomic E-state index is 6.12. The fraction of sp³-hybridized carbons (Fsp3) is 0.300. The smallest absolute Gasteiger partial charge is 0.122 e. The second-order valence-electron chi connectivity index (χ2n) is 6.40. The third-order valence-electron chi connectivity index (χ3n) is 4.29. The van der Waals surface area contributed by atoms with E-state index in [0.29, 0.717) is 11.5 Å². The molecule has 3 rings (SSSR count). The number of hydrogen-bond acceptors (Lipinski definition) is 7. The Balaban J connectivity index is 1.56. The van der Waals surface area contributed by atoms with Crippen LogP contribution in [0.4, 0.5) is 11.4 Å². The maximum Gasteiger partial charge on any atom is 0.122 e. The van der Waals surface area contributed by atoms with Crippen molar-refractivity contribution in [3.05, 3.63) is 58.3 Å². The van der Waals surface area contributed by atoms with Gasteiger partial charge >= 0.3 is 0 Å². The Hall–Kier alpha value is -2.64. The number of rotatable bonds is 6. The Morgan fingerprint density at radius 2 is 2.00 bits per heavy atom. The molecule has 27 heavy (non-hydrogen) atoms. The van der Waals surface area contributed by atoms with Gasteiger partial charge in [0.2, 0.25) is 0 Å². The van der Waals surface area contributed by atoms with Gasteiger partial charge in [0.25, 0.3) is 0 Å². The van der Waals surface area contributed by atoms with Crippen molar-refractivity contribution in [2.45, 2.75) is 13.8 Å². The lowest BCUT2D eigenvalue weighted by molar-refractivity contribution is 0.589. The normalized spacial score (nSPS) is 15.3. The fourth-order valence-corrected chi connectivity index (χ4v) is 3.82. The van der Waals surface area contributed by atoms with Gasteiger partial charge < -0.3 is 21.3 Å². The van der Waals surface area contributed by atoms with Gasteiger partial charge in [0, 0.05) is 43.8 Å². The molecule has 0 radical (unpaired) electrons. The molecule has 1 aliphatic heterocycles. The molecule has 1 saturated heterocycles. The van der Waals surface area contributed by atoms with Gasteiger partial charge in [-0.3, -0.25) is 0 Å². The number of nitrogens with two attached hydrogens (primary N) is 1. The number of hydrogen-bond donors (Lipinski definition) is 3. The molecule has 1 aromatic heterocycles. The molecule has 2 heterocycles. The molecule has 0 atom stereocenters. The van der Waals surface area contributed by atoms with Crippen molar-refractivity contribution < 1.29 is 0 Å². The summed E-state index contributed by atoms with van der Waals surface area (Å²) >= 11 is 1.58. The highest BCUT2D eigenvalue weighted by atomic mass is 32.1. The van der Waals surface area contributed by atoms with E-state index in [1.807, 2.05) is 26.0 Å². The van der Waals surface area contributed by atoms with Crippen LogP contribution in [0, 0.1) is 13.8 Å². The standard InChI is InChI=1S/C20H26N6S/c1-14-20(27-16(3)24-14)19(21)8-9-23-15(2)25-17-4-6-18(7-5-17)26-12-10-22-11-13-26/h4-9,22,25H,2,10-13,21H2,1,3H3/b19-8-,23-9-. The largest absolute Gasteiger partial charge is 0.397 e. The van der Waals surface area contributed by atoms with Gasteiger partial charge in [-0.15, -0.1) is 11.3 Å². The van der Waals surface area contributed by atoms with Crippen LogP contribution in [0.3, 0.4) is 0 Å². The molecular formula is C20H26N6S. The number of piperazine rings is 1. The average Bonchev–Trinajstić information content (AvgIpc) is 3.01. The molecule has 7 heteroatoms. The zero-order valence-electron chi connectivity index (χ0n) is 15.8. The zero-order chi connectivity index (χ0) is 19.2. The van der Waals surface area contributed by atoms with Crippen molar-refractivity contribution >= 4 is 34.6 Å². The van der Waals surface area contributed by atoms with Crippen LogP contribution in [-0.2, 0) is 0 Å². The SMILES string of the molecule is C=C(/N=C\C=C(/N)c1sc(C)nc1C)Nc1ccc(N2CCNCC2)cc1. The van der Waals surface area contributed by atoms with Crippen LogP contribution in [0.25, 0.3) is 5.70 Å². The van der Waals surface area contributed by atoms with E-state index >= 15 is 0 Å². The summed E-state index contributed by atoms with van der Waals surface area (Å²) in [6.45, 7) is 12.0. The molecule has 1 aliphatic rings. The number of nitrogens with one attached hydrogen (secondary N) is 2. The number of allylic oxidation sites excluding steroid dienone is 1. The number of aryl methyl sites for hydroxylation is 2. The molecule has 142 valence electrons. The third kappa shape index (κ3) is 5.18. The van der Waals surface area contributed by atoms with Crippen molar-refractivity contribution in [1.82, 2.24) is 10.3 Å². The predicted molar refractivity (Wildman–Crippen MR) is 117 cm³/mol. The maximum atomic E-state index is 6.12. The first kappa shape index (κ1) is 19.1. The fourth-order valence-electron chi connectivity index (χ4n) is 2.96. The van der Waals surface area contributed by atoms with E-state index in [1.165, 1.54) is 5.69 Å². The van der Waals surface area contributed by atoms with E-state index in [1.54, 1.807) is 23.6 Å². The van der Waals surface area contributed by atoms with Gasteiger partial charge in [-0.05, 0) is 44.2 Å². The highest BCUT2D eigenvalue weighted by Gasteiger charge is 2.10. The highest BCUT2D eigenvalue weighted by molar-refractivity contribution is 7.12. The van der Waals surface area contributed by atoms with Crippen LogP contribution in [0.1, 0.15) is 15.6 Å². The minimum absolute atomic E-state index is 0.561. The summed E-state index contributed by atoms with van der Waals surface area (Å²) in [5.74, 6) is 0.561. The van der Waals surface area contributed by atoms with E-state index in [-0.39, 0.29) is 0 Å². The van der Waals surface area contributed by atoms with Crippen LogP contribution >= 0.6 is 11.3 Å². The van der Waals surface area contributed by atoms with E-state index in [4.69, 9.17) is 5.73 Å². The van der Waals surface area contributed by atoms with E-state index in [0.717, 1.165) is 47.4 Å². The van der Waals surface area contributed by atoms with Crippen LogP contribution in [0.2, 0.25) is 0 Å². The second-order valence-corrected chi connectivity index (χ2v) is 7.61. The first-order chi connectivity index (χ1) is 13.0. The molecule has 0 spiro atoms. The molecule has 1 aromatic carbocycles. The Labute approximate surface area is 164 Å². The summed E-state index contributed by atoms with van der Waals surface area (Å²) in [5.41, 5.74) is 9.92. The molecule has 4 N–H and O–H groups in total. The Morgan fingerprint density at radius 3 is 2.63 bits per heavy atom. The first-order valence-electron chi connectivity index (χ1n) is 8.99. The number of anilines is 2. The summed E-state index contributed by atoms with van der Waals surface area (Å²) in [6.07, 6.45) is 3.44. The minimum Gasteiger partial charge on any atom is -0.397 e. The summed E-state index contributed by atoms with van der Waals surface area (Å²) in [5, 5.41) is 7.57. The molecule has 0 bridgehead atoms. The van der Waals surface area contributed by atoms with Crippen molar-refractivity contribution in [1.29, 1.82) is 0 Å². The first-order valence-corrected chi connectivity index (χ1v) is 9.80.